The number of carbonyl (C=O) groups excluding carboxylic acids is 2. The molecule has 6 heteroatoms. The summed E-state index contributed by atoms with van der Waals surface area (Å²) in [6, 6.07) is 21.1. The lowest BCUT2D eigenvalue weighted by Crippen LogP contribution is -2.49. The molecular weight excluding hydrogens is 486 g/mol. The maximum Gasteiger partial charge on any atom is 0.329 e. The Morgan fingerprint density at radius 1 is 1.03 bits per heavy atom. The van der Waals surface area contributed by atoms with E-state index >= 15 is 0 Å². The van der Waals surface area contributed by atoms with Gasteiger partial charge in [0.05, 0.1) is 17.3 Å². The van der Waals surface area contributed by atoms with Gasteiger partial charge in [-0.05, 0) is 68.0 Å². The largest absolute Gasteiger partial charge is 0.458 e. The van der Waals surface area contributed by atoms with Crippen molar-refractivity contribution in [2.24, 2.45) is 5.92 Å². The molecule has 0 fully saturated rings. The van der Waals surface area contributed by atoms with Crippen LogP contribution in [0.2, 0.25) is 0 Å². The van der Waals surface area contributed by atoms with Gasteiger partial charge in [-0.2, -0.15) is 5.26 Å². The first-order valence-electron chi connectivity index (χ1n) is 13.6. The van der Waals surface area contributed by atoms with Gasteiger partial charge < -0.3 is 9.64 Å². The van der Waals surface area contributed by atoms with Crippen LogP contribution in [0.3, 0.4) is 0 Å². The van der Waals surface area contributed by atoms with Gasteiger partial charge in [-0.3, -0.25) is 9.78 Å². The van der Waals surface area contributed by atoms with Crippen molar-refractivity contribution in [3.63, 3.8) is 0 Å². The highest BCUT2D eigenvalue weighted by Crippen LogP contribution is 2.29. The van der Waals surface area contributed by atoms with E-state index in [9.17, 15) is 14.9 Å². The van der Waals surface area contributed by atoms with E-state index in [0.717, 1.165) is 35.1 Å². The molecule has 1 amide bonds. The molecule has 1 heterocycles. The van der Waals surface area contributed by atoms with E-state index in [1.807, 2.05) is 102 Å². The summed E-state index contributed by atoms with van der Waals surface area (Å²) in [7, 11) is 0. The minimum atomic E-state index is -0.707. The summed E-state index contributed by atoms with van der Waals surface area (Å²) in [4.78, 5) is 32.8. The van der Waals surface area contributed by atoms with Gasteiger partial charge in [-0.25, -0.2) is 4.79 Å². The number of esters is 1. The van der Waals surface area contributed by atoms with Gasteiger partial charge in [0.1, 0.15) is 11.6 Å². The van der Waals surface area contributed by atoms with Crippen molar-refractivity contribution in [1.82, 2.24) is 9.88 Å². The van der Waals surface area contributed by atoms with Crippen LogP contribution in [0.5, 0.6) is 0 Å². The molecule has 39 heavy (non-hydrogen) atoms. The number of unbranched alkanes of at least 4 members (excludes halogenated alkanes) is 1. The van der Waals surface area contributed by atoms with E-state index in [1.54, 1.807) is 11.1 Å². The van der Waals surface area contributed by atoms with Gasteiger partial charge in [0.15, 0.2) is 0 Å². The number of benzene rings is 2. The molecule has 0 saturated heterocycles. The Morgan fingerprint density at radius 2 is 1.74 bits per heavy atom. The van der Waals surface area contributed by atoms with Crippen LogP contribution in [0.15, 0.2) is 66.9 Å². The number of hydrogen-bond acceptors (Lipinski definition) is 5. The molecule has 204 valence electrons. The van der Waals surface area contributed by atoms with Crippen LogP contribution in [0.25, 0.3) is 22.4 Å². The smallest absolute Gasteiger partial charge is 0.329 e. The average Bonchev–Trinajstić information content (AvgIpc) is 2.90. The monoisotopic (exact) mass is 525 g/mol. The summed E-state index contributed by atoms with van der Waals surface area (Å²) in [5, 5.41) is 9.73. The normalized spacial score (nSPS) is 12.1. The lowest BCUT2D eigenvalue weighted by molar-refractivity contribution is -0.167. The molecular formula is C33H39N3O3. The van der Waals surface area contributed by atoms with Crippen molar-refractivity contribution in [1.29, 1.82) is 5.26 Å². The van der Waals surface area contributed by atoms with Crippen molar-refractivity contribution in [2.75, 3.05) is 0 Å². The Labute approximate surface area is 232 Å². The van der Waals surface area contributed by atoms with E-state index in [0.29, 0.717) is 17.7 Å². The molecule has 0 bridgehead atoms. The van der Waals surface area contributed by atoms with Gasteiger partial charge in [0.25, 0.3) is 0 Å². The van der Waals surface area contributed by atoms with Crippen molar-refractivity contribution in [2.45, 2.75) is 79.0 Å². The third kappa shape index (κ3) is 8.00. The Morgan fingerprint density at radius 3 is 2.31 bits per heavy atom. The predicted molar refractivity (Wildman–Crippen MR) is 154 cm³/mol. The number of carbonyl (C=O) groups is 2. The van der Waals surface area contributed by atoms with Crippen LogP contribution < -0.4 is 0 Å². The molecule has 0 spiro atoms. The van der Waals surface area contributed by atoms with E-state index in [1.165, 1.54) is 0 Å². The third-order valence-corrected chi connectivity index (χ3v) is 6.38. The van der Waals surface area contributed by atoms with Crippen molar-refractivity contribution in [3.05, 3.63) is 78.0 Å². The Bertz CT molecular complexity index is 1300. The molecule has 0 aliphatic carbocycles. The number of aromatic nitrogens is 1. The summed E-state index contributed by atoms with van der Waals surface area (Å²) in [6.07, 6.45) is 3.72. The first-order chi connectivity index (χ1) is 18.5. The molecule has 2 aromatic carbocycles. The van der Waals surface area contributed by atoms with Gasteiger partial charge in [-0.15, -0.1) is 0 Å². The van der Waals surface area contributed by atoms with Crippen LogP contribution in [0.1, 0.15) is 71.9 Å². The average molecular weight is 526 g/mol. The Hall–Kier alpha value is -3.98. The molecule has 0 unspecified atom stereocenters. The summed E-state index contributed by atoms with van der Waals surface area (Å²) in [6.45, 7) is 11.6. The minimum absolute atomic E-state index is 0.0761. The van der Waals surface area contributed by atoms with E-state index in [4.69, 9.17) is 4.74 Å². The molecule has 0 aliphatic heterocycles. The maximum absolute atomic E-state index is 13.3. The van der Waals surface area contributed by atoms with Crippen LogP contribution >= 0.6 is 0 Å². The standard InChI is InChI=1S/C33H39N3O3/c1-7-8-14-30(37)36(31(23(2)3)32(38)39-33(4,5)6)22-24-15-18-29(35-21-24)28-19-26(16-17-27(28)20-34)25-12-10-9-11-13-25/h9-13,15-19,21,23,31H,7-8,14,22H2,1-6H3/t31-/m0/s1. The van der Waals surface area contributed by atoms with Crippen LogP contribution in [-0.4, -0.2) is 33.4 Å². The predicted octanol–water partition coefficient (Wildman–Crippen LogP) is 7.17. The topological polar surface area (TPSA) is 83.3 Å². The highest BCUT2D eigenvalue weighted by atomic mass is 16.6. The zero-order chi connectivity index (χ0) is 28.6. The molecule has 3 aromatic rings. The van der Waals surface area contributed by atoms with E-state index in [-0.39, 0.29) is 18.4 Å². The fraction of sp³-hybridized carbons (Fsp3) is 0.394. The molecule has 1 aromatic heterocycles. The number of ether oxygens (including phenoxy) is 1. The van der Waals surface area contributed by atoms with Crippen molar-refractivity contribution < 1.29 is 14.3 Å². The SMILES string of the molecule is CCCCC(=O)N(Cc1ccc(-c2cc(-c3ccccc3)ccc2C#N)nc1)[C@H](C(=O)OC(C)(C)C)C(C)C. The third-order valence-electron chi connectivity index (χ3n) is 6.38. The van der Waals surface area contributed by atoms with Crippen LogP contribution in [0, 0.1) is 17.2 Å². The molecule has 0 N–H and O–H groups in total. The number of nitriles is 1. The van der Waals surface area contributed by atoms with Gasteiger partial charge in [0, 0.05) is 24.7 Å². The van der Waals surface area contributed by atoms with E-state index in [2.05, 4.69) is 11.1 Å². The molecule has 1 atom stereocenters. The number of amides is 1. The minimum Gasteiger partial charge on any atom is -0.458 e. The second-order valence-corrected chi connectivity index (χ2v) is 11.1. The fourth-order valence-electron chi connectivity index (χ4n) is 4.47. The van der Waals surface area contributed by atoms with Crippen molar-refractivity contribution in [3.8, 4) is 28.5 Å². The maximum atomic E-state index is 13.3. The molecule has 6 nitrogen and oxygen atoms in total. The molecule has 0 aliphatic rings. The molecule has 3 rings (SSSR count). The zero-order valence-corrected chi connectivity index (χ0v) is 23.9. The molecule has 0 radical (unpaired) electrons. The lowest BCUT2D eigenvalue weighted by atomic mass is 9.97. The van der Waals surface area contributed by atoms with Crippen LogP contribution in [-0.2, 0) is 20.9 Å². The number of nitrogens with zero attached hydrogens (tertiary/aromatic N) is 3. The Balaban J connectivity index is 1.93. The lowest BCUT2D eigenvalue weighted by Gasteiger charge is -2.35. The first-order valence-corrected chi connectivity index (χ1v) is 13.6. The first kappa shape index (κ1) is 29.6. The second-order valence-electron chi connectivity index (χ2n) is 11.1. The zero-order valence-electron chi connectivity index (χ0n) is 23.9. The second kappa shape index (κ2) is 13.2. The van der Waals surface area contributed by atoms with Gasteiger partial charge in [0.2, 0.25) is 5.91 Å². The van der Waals surface area contributed by atoms with Crippen molar-refractivity contribution >= 4 is 11.9 Å². The van der Waals surface area contributed by atoms with Gasteiger partial charge >= 0.3 is 5.97 Å². The highest BCUT2D eigenvalue weighted by Gasteiger charge is 2.35. The van der Waals surface area contributed by atoms with E-state index < -0.39 is 17.6 Å². The quantitative estimate of drug-likeness (QED) is 0.262. The number of rotatable bonds is 10. The summed E-state index contributed by atoms with van der Waals surface area (Å²) in [5.41, 5.74) is 4.16. The number of hydrogen-bond donors (Lipinski definition) is 0. The summed E-state index contributed by atoms with van der Waals surface area (Å²) < 4.78 is 5.71. The van der Waals surface area contributed by atoms with Crippen LogP contribution in [0.4, 0.5) is 0 Å². The summed E-state index contributed by atoms with van der Waals surface area (Å²) >= 11 is 0. The summed E-state index contributed by atoms with van der Waals surface area (Å²) in [5.74, 6) is -0.604. The molecule has 0 saturated carbocycles. The highest BCUT2D eigenvalue weighted by molar-refractivity contribution is 5.85. The number of pyridine rings is 1. The Kier molecular flexibility index (Phi) is 10.0. The van der Waals surface area contributed by atoms with Gasteiger partial charge in [-0.1, -0.05) is 69.7 Å². The fourth-order valence-corrected chi connectivity index (χ4v) is 4.47.